The number of anilines is 1. The number of pyridine rings is 1. The van der Waals surface area contributed by atoms with E-state index in [1.807, 2.05) is 4.90 Å². The van der Waals surface area contributed by atoms with Gasteiger partial charge in [-0.15, -0.1) is 0 Å². The van der Waals surface area contributed by atoms with Gasteiger partial charge in [-0.2, -0.15) is 15.1 Å². The average Bonchev–Trinajstić information content (AvgIpc) is 3.74. The van der Waals surface area contributed by atoms with Crippen LogP contribution < -0.4 is 9.64 Å². The number of H-pyrrole nitrogens is 1. The Morgan fingerprint density at radius 3 is 2.96 bits per heavy atom. The first-order valence-electron chi connectivity index (χ1n) is 16.9. The first kappa shape index (κ1) is 32.1. The number of ether oxygens (including phenoxy) is 4. The molecule has 1 N–H and O–H groups in total. The van der Waals surface area contributed by atoms with Crippen molar-refractivity contribution in [3.05, 3.63) is 34.9 Å². The maximum atomic E-state index is 17.1. The van der Waals surface area contributed by atoms with Gasteiger partial charge in [-0.3, -0.25) is 19.8 Å². The third-order valence-electron chi connectivity index (χ3n) is 10.3. The summed E-state index contributed by atoms with van der Waals surface area (Å²) in [5.41, 5.74) is 1.63. The number of carbonyl (C=O) groups is 2. The molecule has 0 aliphatic carbocycles. The lowest BCUT2D eigenvalue weighted by atomic mass is 9.95. The van der Waals surface area contributed by atoms with E-state index in [-0.39, 0.29) is 54.3 Å². The van der Waals surface area contributed by atoms with E-state index in [4.69, 9.17) is 35.5 Å². The summed E-state index contributed by atoms with van der Waals surface area (Å²) in [5.74, 6) is -0.0778. The zero-order chi connectivity index (χ0) is 33.7. The Balaban J connectivity index is 1.26. The van der Waals surface area contributed by atoms with Crippen LogP contribution in [-0.2, 0) is 25.4 Å². The Bertz CT molecular complexity index is 1940. The van der Waals surface area contributed by atoms with Crippen LogP contribution in [0.5, 0.6) is 6.01 Å². The number of carbonyl (C=O) groups excluding carboxylic acids is 2. The minimum atomic E-state index is -0.799. The van der Waals surface area contributed by atoms with Crippen molar-refractivity contribution in [3.8, 4) is 17.3 Å². The molecule has 15 heteroatoms. The van der Waals surface area contributed by atoms with E-state index in [0.717, 1.165) is 32.2 Å². The van der Waals surface area contributed by atoms with Gasteiger partial charge in [-0.05, 0) is 63.6 Å². The Morgan fingerprint density at radius 2 is 2.08 bits per heavy atom. The van der Waals surface area contributed by atoms with Crippen molar-refractivity contribution in [2.75, 3.05) is 51.0 Å². The number of nitrogens with zero attached hydrogens (tertiary/aromatic N) is 6. The zero-order valence-corrected chi connectivity index (χ0v) is 27.9. The van der Waals surface area contributed by atoms with Crippen LogP contribution in [0.25, 0.3) is 33.1 Å². The van der Waals surface area contributed by atoms with E-state index in [1.165, 1.54) is 0 Å². The number of hydrogen-bond donors (Lipinski definition) is 1. The normalized spacial score (nSPS) is 24.6. The minimum Gasteiger partial charge on any atom is -0.461 e. The molecule has 9 rings (SSSR count). The Hall–Kier alpha value is -4.14. The summed E-state index contributed by atoms with van der Waals surface area (Å²) >= 11 is 6.79. The number of rotatable bonds is 5. The van der Waals surface area contributed by atoms with E-state index < -0.39 is 18.1 Å². The summed E-state index contributed by atoms with van der Waals surface area (Å²) in [6.07, 6.45) is 6.77. The Labute approximate surface area is 286 Å². The molecule has 49 heavy (non-hydrogen) atoms. The lowest BCUT2D eigenvalue weighted by Crippen LogP contribution is -2.47. The van der Waals surface area contributed by atoms with E-state index in [9.17, 15) is 9.59 Å². The van der Waals surface area contributed by atoms with Gasteiger partial charge in [0.05, 0.1) is 49.0 Å². The number of benzene rings is 1. The second-order valence-electron chi connectivity index (χ2n) is 13.4. The highest BCUT2D eigenvalue weighted by Crippen LogP contribution is 2.44. The standard InChI is InChI=1S/C34H37ClFN7O6/c1-19(44)12-20-5-7-34(6-3-8-43(20)34)18-48-32-39-29-24-14-37-30(28(29)36)27-22(25(35)13-26-23(27)15-38-41-26)4-2-10-47-33(45)49-21-16-42(31(24)40-32)9-11-46-17-21/h13-15,20-21H,2-12,16-18H2,1H3,(H,38,41)/t20-,21?,34?/m0/s1. The highest BCUT2D eigenvalue weighted by Gasteiger charge is 2.50. The summed E-state index contributed by atoms with van der Waals surface area (Å²) in [6, 6.07) is 1.95. The molecule has 258 valence electrons. The minimum absolute atomic E-state index is 0.0257. The molecule has 3 atom stereocenters. The SMILES string of the molecule is CC(=O)C[C@@H]1CCC2(COc3nc4c5cnc(c(F)c5n3)-c3c(c(Cl)cc5[nH]ncc35)CCCOC(=O)OC3COCCN4C3)CCCN12. The van der Waals surface area contributed by atoms with Crippen LogP contribution >= 0.6 is 11.6 Å². The number of nitrogens with one attached hydrogen (secondary N) is 1. The molecule has 4 aromatic rings. The summed E-state index contributed by atoms with van der Waals surface area (Å²) in [7, 11) is 0. The van der Waals surface area contributed by atoms with Crippen LogP contribution in [0.3, 0.4) is 0 Å². The topological polar surface area (TPSA) is 145 Å². The van der Waals surface area contributed by atoms with Crippen LogP contribution in [0.15, 0.2) is 18.5 Å². The summed E-state index contributed by atoms with van der Waals surface area (Å²) in [4.78, 5) is 43.2. The third-order valence-corrected chi connectivity index (χ3v) is 10.6. The molecule has 0 saturated carbocycles. The zero-order valence-electron chi connectivity index (χ0n) is 27.2. The monoisotopic (exact) mass is 693 g/mol. The van der Waals surface area contributed by atoms with Crippen LogP contribution in [-0.4, -0.2) is 106 Å². The largest absolute Gasteiger partial charge is 0.508 e. The Kier molecular flexibility index (Phi) is 8.48. The number of aromatic nitrogens is 5. The van der Waals surface area contributed by atoms with Crippen LogP contribution in [0.4, 0.5) is 15.0 Å². The Morgan fingerprint density at radius 1 is 1.18 bits per heavy atom. The molecular formula is C34H37ClFN7O6. The summed E-state index contributed by atoms with van der Waals surface area (Å²) in [5, 5.41) is 8.53. The van der Waals surface area contributed by atoms with Crippen LogP contribution in [0.1, 0.15) is 51.0 Å². The number of hydrogen-bond acceptors (Lipinski definition) is 12. The fraction of sp³-hybridized carbons (Fsp3) is 0.529. The number of ketones is 1. The van der Waals surface area contributed by atoms with E-state index in [0.29, 0.717) is 77.3 Å². The first-order chi connectivity index (χ1) is 23.8. The van der Waals surface area contributed by atoms with Gasteiger partial charge in [-0.25, -0.2) is 9.18 Å². The predicted octanol–water partition coefficient (Wildman–Crippen LogP) is 5.02. The molecule has 3 aromatic heterocycles. The van der Waals surface area contributed by atoms with E-state index in [1.54, 1.807) is 25.4 Å². The van der Waals surface area contributed by atoms with Crippen molar-refractivity contribution in [2.45, 2.75) is 69.6 Å². The smallest absolute Gasteiger partial charge is 0.461 e. The quantitative estimate of drug-likeness (QED) is 0.280. The molecule has 5 aliphatic rings. The lowest BCUT2D eigenvalue weighted by Gasteiger charge is -2.34. The number of aromatic amines is 1. The average molecular weight is 694 g/mol. The van der Waals surface area contributed by atoms with Gasteiger partial charge in [0, 0.05) is 41.2 Å². The summed E-state index contributed by atoms with van der Waals surface area (Å²) in [6.45, 7) is 4.02. The van der Waals surface area contributed by atoms with Gasteiger partial charge in [0.25, 0.3) is 0 Å². The van der Waals surface area contributed by atoms with Crippen molar-refractivity contribution >= 4 is 51.2 Å². The van der Waals surface area contributed by atoms with Gasteiger partial charge in [0.1, 0.15) is 35.5 Å². The fourth-order valence-electron chi connectivity index (χ4n) is 8.09. The maximum absolute atomic E-state index is 17.1. The molecule has 2 unspecified atom stereocenters. The molecule has 3 saturated heterocycles. The molecule has 5 aliphatic heterocycles. The van der Waals surface area contributed by atoms with Gasteiger partial charge in [-0.1, -0.05) is 11.6 Å². The molecule has 0 radical (unpaired) electrons. The third kappa shape index (κ3) is 5.93. The highest BCUT2D eigenvalue weighted by molar-refractivity contribution is 6.33. The van der Waals surface area contributed by atoms with Gasteiger partial charge >= 0.3 is 12.2 Å². The van der Waals surface area contributed by atoms with E-state index >= 15 is 4.39 Å². The van der Waals surface area contributed by atoms with Crippen LogP contribution in [0, 0.1) is 5.82 Å². The van der Waals surface area contributed by atoms with Gasteiger partial charge in [0.15, 0.2) is 5.82 Å². The number of fused-ring (bicyclic) bond motifs is 8. The van der Waals surface area contributed by atoms with E-state index in [2.05, 4.69) is 25.1 Å². The molecule has 1 aromatic carbocycles. The van der Waals surface area contributed by atoms with Crippen LogP contribution in [0.2, 0.25) is 5.02 Å². The fourth-order valence-corrected chi connectivity index (χ4v) is 8.39. The second kappa shape index (κ2) is 13.0. The van der Waals surface area contributed by atoms with Crippen molar-refractivity contribution in [1.29, 1.82) is 0 Å². The van der Waals surface area contributed by atoms with Gasteiger partial charge < -0.3 is 23.8 Å². The summed E-state index contributed by atoms with van der Waals surface area (Å²) < 4.78 is 40.4. The highest BCUT2D eigenvalue weighted by atomic mass is 35.5. The molecule has 3 fully saturated rings. The van der Waals surface area contributed by atoms with Gasteiger partial charge in [0.2, 0.25) is 0 Å². The first-order valence-corrected chi connectivity index (χ1v) is 17.2. The number of Topliss-reactive ketones (excluding diaryl/α,β-unsaturated/α-hetero) is 1. The lowest BCUT2D eigenvalue weighted by molar-refractivity contribution is -0.118. The molecule has 0 spiro atoms. The maximum Gasteiger partial charge on any atom is 0.508 e. The second-order valence-corrected chi connectivity index (χ2v) is 13.8. The van der Waals surface area contributed by atoms with Crippen molar-refractivity contribution in [3.63, 3.8) is 0 Å². The van der Waals surface area contributed by atoms with Crippen molar-refractivity contribution < 1.29 is 32.9 Å². The van der Waals surface area contributed by atoms with Crippen molar-refractivity contribution in [1.82, 2.24) is 30.0 Å². The molecule has 0 amide bonds. The molecule has 8 heterocycles. The van der Waals surface area contributed by atoms with Crippen molar-refractivity contribution in [2.24, 2.45) is 0 Å². The molecule has 6 bridgehead atoms. The molecular weight excluding hydrogens is 657 g/mol. The predicted molar refractivity (Wildman–Crippen MR) is 177 cm³/mol. The number of halogens is 2. The molecule has 13 nitrogen and oxygen atoms in total.